The first-order valence-electron chi connectivity index (χ1n) is 9.98. The summed E-state index contributed by atoms with van der Waals surface area (Å²) in [6.45, 7) is 4.92. The van der Waals surface area contributed by atoms with E-state index in [-0.39, 0.29) is 0 Å². The molecule has 0 aliphatic rings. The molecule has 0 spiro atoms. The molecule has 0 saturated heterocycles. The van der Waals surface area contributed by atoms with Crippen molar-refractivity contribution in [3.63, 3.8) is 0 Å². The monoisotopic (exact) mass is 380 g/mol. The van der Waals surface area contributed by atoms with Gasteiger partial charge in [0.15, 0.2) is 5.82 Å². The van der Waals surface area contributed by atoms with E-state index in [1.807, 2.05) is 42.5 Å². The summed E-state index contributed by atoms with van der Waals surface area (Å²) >= 11 is 0. The fourth-order valence-electron chi connectivity index (χ4n) is 3.13. The van der Waals surface area contributed by atoms with E-state index in [9.17, 15) is 0 Å². The van der Waals surface area contributed by atoms with E-state index in [4.69, 9.17) is 14.7 Å². The van der Waals surface area contributed by atoms with E-state index in [2.05, 4.69) is 56.3 Å². The molecule has 0 bridgehead atoms. The summed E-state index contributed by atoms with van der Waals surface area (Å²) in [6.07, 6.45) is 0.994. The molecule has 0 N–H and O–H groups in total. The quantitative estimate of drug-likeness (QED) is 0.379. The second kappa shape index (κ2) is 8.70. The summed E-state index contributed by atoms with van der Waals surface area (Å²) in [7, 11) is 0. The number of rotatable bonds is 6. The number of ether oxygens (including phenoxy) is 1. The molecule has 0 unspecified atom stereocenters. The van der Waals surface area contributed by atoms with E-state index >= 15 is 0 Å². The Hall–Kier alpha value is -3.46. The van der Waals surface area contributed by atoms with Gasteiger partial charge in [0, 0.05) is 16.7 Å². The average Bonchev–Trinajstić information content (AvgIpc) is 2.79. The lowest BCUT2D eigenvalue weighted by Gasteiger charge is -2.10. The average molecular weight is 380 g/mol. The molecule has 29 heavy (non-hydrogen) atoms. The topological polar surface area (TPSA) is 35.0 Å². The minimum atomic E-state index is 0.725. The molecule has 0 fully saturated rings. The van der Waals surface area contributed by atoms with Gasteiger partial charge in [0.05, 0.1) is 18.0 Å². The first-order valence-corrected chi connectivity index (χ1v) is 9.98. The van der Waals surface area contributed by atoms with Crippen molar-refractivity contribution in [3.8, 4) is 39.7 Å². The summed E-state index contributed by atoms with van der Waals surface area (Å²) in [4.78, 5) is 9.71. The van der Waals surface area contributed by atoms with Crippen molar-refractivity contribution < 1.29 is 4.74 Å². The molecule has 1 aromatic heterocycles. The third kappa shape index (κ3) is 4.52. The number of nitrogens with zero attached hydrogens (tertiary/aromatic N) is 2. The SMILES string of the molecule is CCCOc1ccc(-c2cc(-c3ccc(C)cc3)nc(-c3ccccc3)n2)cc1. The first kappa shape index (κ1) is 18.9. The van der Waals surface area contributed by atoms with Gasteiger partial charge in [0.2, 0.25) is 0 Å². The Bertz CT molecular complexity index is 1070. The van der Waals surface area contributed by atoms with E-state index in [0.717, 1.165) is 52.7 Å². The van der Waals surface area contributed by atoms with Gasteiger partial charge in [-0.3, -0.25) is 0 Å². The van der Waals surface area contributed by atoms with Gasteiger partial charge in [-0.2, -0.15) is 0 Å². The minimum Gasteiger partial charge on any atom is -0.494 e. The number of hydrogen-bond donors (Lipinski definition) is 0. The van der Waals surface area contributed by atoms with E-state index in [1.54, 1.807) is 0 Å². The Kier molecular flexibility index (Phi) is 5.66. The van der Waals surface area contributed by atoms with Crippen molar-refractivity contribution in [1.82, 2.24) is 9.97 Å². The Morgan fingerprint density at radius 2 is 1.28 bits per heavy atom. The normalized spacial score (nSPS) is 10.7. The van der Waals surface area contributed by atoms with Crippen LogP contribution in [0.15, 0.2) is 84.9 Å². The zero-order chi connectivity index (χ0) is 20.1. The third-order valence-corrected chi connectivity index (χ3v) is 4.73. The van der Waals surface area contributed by atoms with Gasteiger partial charge < -0.3 is 4.74 Å². The molecule has 3 heteroatoms. The lowest BCUT2D eigenvalue weighted by Crippen LogP contribution is -1.97. The van der Waals surface area contributed by atoms with Crippen molar-refractivity contribution in [2.75, 3.05) is 6.61 Å². The van der Waals surface area contributed by atoms with Crippen LogP contribution in [-0.4, -0.2) is 16.6 Å². The Morgan fingerprint density at radius 3 is 1.86 bits per heavy atom. The third-order valence-electron chi connectivity index (χ3n) is 4.73. The zero-order valence-electron chi connectivity index (χ0n) is 16.8. The summed E-state index contributed by atoms with van der Waals surface area (Å²) in [5.74, 6) is 1.61. The molecule has 0 radical (unpaired) electrons. The van der Waals surface area contributed by atoms with Crippen molar-refractivity contribution in [2.24, 2.45) is 0 Å². The molecule has 144 valence electrons. The number of aryl methyl sites for hydroxylation is 1. The van der Waals surface area contributed by atoms with Crippen LogP contribution in [-0.2, 0) is 0 Å². The molecule has 1 heterocycles. The van der Waals surface area contributed by atoms with Gasteiger partial charge in [-0.05, 0) is 43.7 Å². The van der Waals surface area contributed by atoms with E-state index in [1.165, 1.54) is 5.56 Å². The van der Waals surface area contributed by atoms with Crippen LogP contribution >= 0.6 is 0 Å². The van der Waals surface area contributed by atoms with Gasteiger partial charge in [-0.15, -0.1) is 0 Å². The minimum absolute atomic E-state index is 0.725. The lowest BCUT2D eigenvalue weighted by atomic mass is 10.1. The first-order chi connectivity index (χ1) is 14.2. The molecular formula is C26H24N2O. The fraction of sp³-hybridized carbons (Fsp3) is 0.154. The molecule has 0 atom stereocenters. The summed E-state index contributed by atoms with van der Waals surface area (Å²) in [6, 6.07) is 28.7. The van der Waals surface area contributed by atoms with E-state index in [0.29, 0.717) is 0 Å². The molecule has 4 rings (SSSR count). The van der Waals surface area contributed by atoms with Crippen LogP contribution in [0.3, 0.4) is 0 Å². The highest BCUT2D eigenvalue weighted by atomic mass is 16.5. The van der Waals surface area contributed by atoms with Crippen LogP contribution < -0.4 is 4.74 Å². The fourth-order valence-corrected chi connectivity index (χ4v) is 3.13. The molecule has 0 saturated carbocycles. The van der Waals surface area contributed by atoms with Crippen LogP contribution in [0.25, 0.3) is 33.9 Å². The molecule has 3 aromatic carbocycles. The smallest absolute Gasteiger partial charge is 0.160 e. The van der Waals surface area contributed by atoms with Crippen LogP contribution in [0, 0.1) is 6.92 Å². The maximum Gasteiger partial charge on any atom is 0.160 e. The summed E-state index contributed by atoms with van der Waals surface area (Å²) in [5.41, 5.74) is 6.18. The van der Waals surface area contributed by atoms with Crippen LogP contribution in [0.2, 0.25) is 0 Å². The largest absolute Gasteiger partial charge is 0.494 e. The predicted molar refractivity (Wildman–Crippen MR) is 119 cm³/mol. The van der Waals surface area contributed by atoms with Crippen LogP contribution in [0.5, 0.6) is 5.75 Å². The second-order valence-corrected chi connectivity index (χ2v) is 7.07. The standard InChI is InChI=1S/C26H24N2O/c1-3-17-29-23-15-13-21(14-16-23)25-18-24(20-11-9-19(2)10-12-20)27-26(28-25)22-7-5-4-6-8-22/h4-16,18H,3,17H2,1-2H3. The molecule has 0 aliphatic heterocycles. The Balaban J connectivity index is 1.78. The lowest BCUT2D eigenvalue weighted by molar-refractivity contribution is 0.317. The molecule has 0 amide bonds. The molecular weight excluding hydrogens is 356 g/mol. The Labute approximate surface area is 172 Å². The van der Waals surface area contributed by atoms with Crippen LogP contribution in [0.1, 0.15) is 18.9 Å². The van der Waals surface area contributed by atoms with Crippen molar-refractivity contribution in [3.05, 3.63) is 90.5 Å². The second-order valence-electron chi connectivity index (χ2n) is 7.07. The van der Waals surface area contributed by atoms with E-state index < -0.39 is 0 Å². The maximum atomic E-state index is 5.71. The molecule has 3 nitrogen and oxygen atoms in total. The summed E-state index contributed by atoms with van der Waals surface area (Å²) < 4.78 is 5.71. The molecule has 0 aliphatic carbocycles. The number of aromatic nitrogens is 2. The van der Waals surface area contributed by atoms with Crippen molar-refractivity contribution >= 4 is 0 Å². The molecule has 4 aromatic rings. The number of hydrogen-bond acceptors (Lipinski definition) is 3. The highest BCUT2D eigenvalue weighted by Crippen LogP contribution is 2.28. The van der Waals surface area contributed by atoms with Gasteiger partial charge in [-0.25, -0.2) is 9.97 Å². The van der Waals surface area contributed by atoms with Crippen LogP contribution in [0.4, 0.5) is 0 Å². The van der Waals surface area contributed by atoms with Gasteiger partial charge in [-0.1, -0.05) is 67.1 Å². The van der Waals surface area contributed by atoms with Gasteiger partial charge in [0.1, 0.15) is 5.75 Å². The van der Waals surface area contributed by atoms with Gasteiger partial charge >= 0.3 is 0 Å². The Morgan fingerprint density at radius 1 is 0.690 bits per heavy atom. The van der Waals surface area contributed by atoms with Crippen molar-refractivity contribution in [2.45, 2.75) is 20.3 Å². The van der Waals surface area contributed by atoms with Gasteiger partial charge in [0.25, 0.3) is 0 Å². The highest BCUT2D eigenvalue weighted by molar-refractivity contribution is 5.72. The number of benzene rings is 3. The predicted octanol–water partition coefficient (Wildman–Crippen LogP) is 6.57. The zero-order valence-corrected chi connectivity index (χ0v) is 16.8. The summed E-state index contributed by atoms with van der Waals surface area (Å²) in [5, 5.41) is 0. The maximum absolute atomic E-state index is 5.71. The highest BCUT2D eigenvalue weighted by Gasteiger charge is 2.10. The van der Waals surface area contributed by atoms with Crippen molar-refractivity contribution in [1.29, 1.82) is 0 Å².